The van der Waals surface area contributed by atoms with E-state index < -0.39 is 16.7 Å². The van der Waals surface area contributed by atoms with Crippen LogP contribution in [0.3, 0.4) is 0 Å². The van der Waals surface area contributed by atoms with E-state index in [1.807, 2.05) is 0 Å². The van der Waals surface area contributed by atoms with E-state index in [0.717, 1.165) is 16.3 Å². The molecule has 0 radical (unpaired) electrons. The largest absolute Gasteiger partial charge is 0.493 e. The zero-order valence-corrected chi connectivity index (χ0v) is 15.3. The van der Waals surface area contributed by atoms with E-state index in [-0.39, 0.29) is 5.76 Å². The predicted octanol–water partition coefficient (Wildman–Crippen LogP) is 3.15. The maximum atomic E-state index is 12.4. The molecule has 3 aromatic rings. The van der Waals surface area contributed by atoms with Crippen LogP contribution < -0.4 is 14.3 Å². The van der Waals surface area contributed by atoms with Gasteiger partial charge in [-0.15, -0.1) is 6.58 Å². The fourth-order valence-electron chi connectivity index (χ4n) is 2.47. The lowest BCUT2D eigenvalue weighted by Gasteiger charge is -2.08. The molecule has 3 rings (SSSR count). The first-order valence-electron chi connectivity index (χ1n) is 7.68. The van der Waals surface area contributed by atoms with Gasteiger partial charge in [0.25, 0.3) is 0 Å². The summed E-state index contributed by atoms with van der Waals surface area (Å²) >= 11 is 1.27. The van der Waals surface area contributed by atoms with E-state index in [2.05, 4.69) is 11.6 Å². The highest BCUT2D eigenvalue weighted by Gasteiger charge is 2.18. The van der Waals surface area contributed by atoms with Crippen molar-refractivity contribution in [1.82, 2.24) is 4.57 Å². The fourth-order valence-corrected chi connectivity index (χ4v) is 3.52. The Morgan fingerprint density at radius 2 is 2.07 bits per heavy atom. The number of nitrogens with zero attached hydrogens (tertiary/aromatic N) is 3. The topological polar surface area (TPSA) is 109 Å². The van der Waals surface area contributed by atoms with Crippen molar-refractivity contribution in [1.29, 1.82) is 0 Å². The molecule has 140 valence electrons. The molecule has 2 heterocycles. The Morgan fingerprint density at radius 1 is 1.37 bits per heavy atom. The van der Waals surface area contributed by atoms with Crippen LogP contribution in [0.15, 0.2) is 46.3 Å². The number of ether oxygens (including phenoxy) is 2. The van der Waals surface area contributed by atoms with Gasteiger partial charge in [-0.2, -0.15) is 4.99 Å². The van der Waals surface area contributed by atoms with Crippen LogP contribution in [0.2, 0.25) is 0 Å². The average Bonchev–Trinajstić information content (AvgIpc) is 3.26. The Balaban J connectivity index is 2.15. The van der Waals surface area contributed by atoms with E-state index >= 15 is 0 Å². The van der Waals surface area contributed by atoms with Crippen LogP contribution in [0.5, 0.6) is 11.5 Å². The summed E-state index contributed by atoms with van der Waals surface area (Å²) in [4.78, 5) is 26.8. The van der Waals surface area contributed by atoms with E-state index in [0.29, 0.717) is 22.8 Å². The molecule has 0 saturated heterocycles. The van der Waals surface area contributed by atoms with Gasteiger partial charge in [0.05, 0.1) is 30.5 Å². The number of nitro groups is 1. The summed E-state index contributed by atoms with van der Waals surface area (Å²) in [6.45, 7) is 4.13. The molecule has 0 aliphatic rings. The first-order valence-corrected chi connectivity index (χ1v) is 8.49. The third-order valence-electron chi connectivity index (χ3n) is 3.68. The number of allylic oxidation sites excluding steroid dienone is 1. The Bertz CT molecular complexity index is 1110. The number of aromatic nitrogens is 1. The molecule has 0 atom stereocenters. The number of rotatable bonds is 6. The summed E-state index contributed by atoms with van der Waals surface area (Å²) < 4.78 is 18.2. The van der Waals surface area contributed by atoms with Crippen molar-refractivity contribution in [2.75, 3.05) is 14.2 Å². The van der Waals surface area contributed by atoms with Gasteiger partial charge in [-0.1, -0.05) is 17.4 Å². The van der Waals surface area contributed by atoms with E-state index in [1.54, 1.807) is 22.8 Å². The molecule has 27 heavy (non-hydrogen) atoms. The molecule has 0 saturated carbocycles. The smallest absolute Gasteiger partial charge is 0.433 e. The van der Waals surface area contributed by atoms with Gasteiger partial charge in [-0.05, 0) is 6.07 Å². The molecule has 0 unspecified atom stereocenters. The third-order valence-corrected chi connectivity index (χ3v) is 4.72. The van der Waals surface area contributed by atoms with Gasteiger partial charge in [0, 0.05) is 18.7 Å². The van der Waals surface area contributed by atoms with Crippen molar-refractivity contribution in [3.8, 4) is 11.5 Å². The first-order chi connectivity index (χ1) is 13.0. The fraction of sp³-hybridized carbons (Fsp3) is 0.176. The Labute approximate surface area is 156 Å². The van der Waals surface area contributed by atoms with Gasteiger partial charge in [0.2, 0.25) is 5.76 Å². The van der Waals surface area contributed by atoms with Crippen LogP contribution in [0, 0.1) is 10.1 Å². The number of benzene rings is 1. The molecule has 1 amide bonds. The number of amides is 1. The summed E-state index contributed by atoms with van der Waals surface area (Å²) in [6.07, 6.45) is 1.67. The second-order valence-corrected chi connectivity index (χ2v) is 6.28. The molecule has 0 aliphatic carbocycles. The van der Waals surface area contributed by atoms with Gasteiger partial charge < -0.3 is 18.5 Å². The SMILES string of the molecule is C=CCn1c(=NC(=O)c2ccc([N+](=O)[O-])o2)sc2cc(OC)c(OC)cc21. The zero-order chi connectivity index (χ0) is 19.6. The van der Waals surface area contributed by atoms with Crippen molar-refractivity contribution in [2.24, 2.45) is 4.99 Å². The number of carbonyl (C=O) groups is 1. The number of furan rings is 1. The standard InChI is InChI=1S/C17H15N3O6S/c1-4-7-19-10-8-12(24-2)13(25-3)9-14(10)27-17(19)18-16(21)11-5-6-15(26-11)20(22)23/h4-6,8-9H,1,7H2,2-3H3. The normalized spacial score (nSPS) is 11.6. The van der Waals surface area contributed by atoms with Crippen molar-refractivity contribution in [3.63, 3.8) is 0 Å². The zero-order valence-electron chi connectivity index (χ0n) is 14.5. The molecule has 1 aromatic carbocycles. The van der Waals surface area contributed by atoms with Gasteiger partial charge in [0.1, 0.15) is 4.92 Å². The molecule has 0 fully saturated rings. The van der Waals surface area contributed by atoms with E-state index in [4.69, 9.17) is 13.9 Å². The number of methoxy groups -OCH3 is 2. The molecule has 10 heteroatoms. The summed E-state index contributed by atoms with van der Waals surface area (Å²) in [5, 5.41) is 10.7. The van der Waals surface area contributed by atoms with Crippen molar-refractivity contribution < 1.29 is 23.6 Å². The molecule has 0 bridgehead atoms. The third kappa shape index (κ3) is 3.47. The highest BCUT2D eigenvalue weighted by molar-refractivity contribution is 7.16. The molecule has 0 spiro atoms. The first kappa shape index (κ1) is 18.4. The Kier molecular flexibility index (Phi) is 5.08. The van der Waals surface area contributed by atoms with Crippen LogP contribution in [0.1, 0.15) is 10.6 Å². The summed E-state index contributed by atoms with van der Waals surface area (Å²) in [5.41, 5.74) is 0.787. The minimum absolute atomic E-state index is 0.209. The molecule has 2 aromatic heterocycles. The van der Waals surface area contributed by atoms with Crippen LogP contribution in [0.4, 0.5) is 5.88 Å². The van der Waals surface area contributed by atoms with E-state index in [1.165, 1.54) is 31.6 Å². The number of fused-ring (bicyclic) bond motifs is 1. The van der Waals surface area contributed by atoms with Crippen molar-refractivity contribution in [3.05, 3.63) is 57.6 Å². The maximum absolute atomic E-state index is 12.4. The molecular weight excluding hydrogens is 374 g/mol. The highest BCUT2D eigenvalue weighted by Crippen LogP contribution is 2.33. The van der Waals surface area contributed by atoms with Gasteiger partial charge in [-0.25, -0.2) is 0 Å². The van der Waals surface area contributed by atoms with Crippen LogP contribution in [-0.2, 0) is 6.54 Å². The number of thiazole rings is 1. The quantitative estimate of drug-likeness (QED) is 0.364. The predicted molar refractivity (Wildman–Crippen MR) is 98.4 cm³/mol. The minimum Gasteiger partial charge on any atom is -0.493 e. The molecule has 9 nitrogen and oxygen atoms in total. The highest BCUT2D eigenvalue weighted by atomic mass is 32.1. The lowest BCUT2D eigenvalue weighted by atomic mass is 10.3. The van der Waals surface area contributed by atoms with Gasteiger partial charge >= 0.3 is 11.8 Å². The van der Waals surface area contributed by atoms with Crippen molar-refractivity contribution >= 4 is 33.3 Å². The second-order valence-electron chi connectivity index (χ2n) is 5.27. The molecular formula is C17H15N3O6S. The van der Waals surface area contributed by atoms with Crippen LogP contribution in [-0.4, -0.2) is 29.6 Å². The average molecular weight is 389 g/mol. The van der Waals surface area contributed by atoms with Crippen molar-refractivity contribution in [2.45, 2.75) is 6.54 Å². The lowest BCUT2D eigenvalue weighted by Crippen LogP contribution is -2.16. The van der Waals surface area contributed by atoms with Crippen LogP contribution >= 0.6 is 11.3 Å². The summed E-state index contributed by atoms with van der Waals surface area (Å²) in [7, 11) is 3.07. The molecule has 0 N–H and O–H groups in total. The summed E-state index contributed by atoms with van der Waals surface area (Å²) in [5.74, 6) is -0.346. The van der Waals surface area contributed by atoms with E-state index in [9.17, 15) is 14.9 Å². The number of hydrogen-bond donors (Lipinski definition) is 0. The minimum atomic E-state index is -0.716. The Morgan fingerprint density at radius 3 is 2.67 bits per heavy atom. The number of hydrogen-bond acceptors (Lipinski definition) is 7. The maximum Gasteiger partial charge on any atom is 0.433 e. The monoisotopic (exact) mass is 389 g/mol. The van der Waals surface area contributed by atoms with Gasteiger partial charge in [-0.3, -0.25) is 14.9 Å². The second kappa shape index (κ2) is 7.46. The van der Waals surface area contributed by atoms with Crippen LogP contribution in [0.25, 0.3) is 10.2 Å². The number of carbonyl (C=O) groups excluding carboxylic acids is 1. The lowest BCUT2D eigenvalue weighted by molar-refractivity contribution is -0.402. The van der Waals surface area contributed by atoms with Gasteiger partial charge in [0.15, 0.2) is 16.3 Å². The Hall–Kier alpha value is -3.40. The summed E-state index contributed by atoms with van der Waals surface area (Å²) in [6, 6.07) is 5.91. The molecule has 0 aliphatic heterocycles.